The van der Waals surface area contributed by atoms with Crippen LogP contribution in [0.3, 0.4) is 0 Å². The average molecular weight is 147 g/mol. The highest BCUT2D eigenvalue weighted by molar-refractivity contribution is 5.64. The Morgan fingerprint density at radius 3 is 2.80 bits per heavy atom. The molecule has 0 aromatic rings. The highest BCUT2D eigenvalue weighted by Crippen LogP contribution is 1.91. The zero-order valence-electron chi connectivity index (χ0n) is 6.26. The topological polar surface area (TPSA) is 58.6 Å². The highest BCUT2D eigenvalue weighted by Gasteiger charge is 2.01. The molecule has 0 fully saturated rings. The SMILES string of the molecule is COC[C@H](C)CNC(=O)O. The fourth-order valence-electron chi connectivity index (χ4n) is 0.605. The molecule has 1 atom stereocenters. The Morgan fingerprint density at radius 2 is 2.40 bits per heavy atom. The van der Waals surface area contributed by atoms with Crippen LogP contribution in [0.15, 0.2) is 0 Å². The third kappa shape index (κ3) is 5.37. The van der Waals surface area contributed by atoms with Crippen LogP contribution in [0.4, 0.5) is 4.79 Å². The predicted octanol–water partition coefficient (Wildman–Crippen LogP) is 0.536. The first kappa shape index (κ1) is 9.23. The van der Waals surface area contributed by atoms with Crippen molar-refractivity contribution in [1.82, 2.24) is 5.32 Å². The summed E-state index contributed by atoms with van der Waals surface area (Å²) in [7, 11) is 1.59. The predicted molar refractivity (Wildman–Crippen MR) is 37.1 cm³/mol. The summed E-state index contributed by atoms with van der Waals surface area (Å²) >= 11 is 0. The van der Waals surface area contributed by atoms with Crippen molar-refractivity contribution in [2.75, 3.05) is 20.3 Å². The van der Waals surface area contributed by atoms with Crippen molar-refractivity contribution in [3.8, 4) is 0 Å². The van der Waals surface area contributed by atoms with Gasteiger partial charge in [-0.3, -0.25) is 0 Å². The van der Waals surface area contributed by atoms with E-state index in [4.69, 9.17) is 9.84 Å². The number of carboxylic acid groups (broad SMARTS) is 1. The summed E-state index contributed by atoms with van der Waals surface area (Å²) in [4.78, 5) is 9.96. The van der Waals surface area contributed by atoms with Gasteiger partial charge in [0.15, 0.2) is 0 Å². The molecule has 0 saturated carbocycles. The van der Waals surface area contributed by atoms with Crippen LogP contribution in [0.1, 0.15) is 6.92 Å². The maximum atomic E-state index is 9.96. The van der Waals surface area contributed by atoms with Gasteiger partial charge in [0.1, 0.15) is 0 Å². The van der Waals surface area contributed by atoms with Gasteiger partial charge in [-0.15, -0.1) is 0 Å². The van der Waals surface area contributed by atoms with Crippen LogP contribution in [-0.4, -0.2) is 31.5 Å². The van der Waals surface area contributed by atoms with Crippen molar-refractivity contribution in [1.29, 1.82) is 0 Å². The first-order chi connectivity index (χ1) is 4.66. The van der Waals surface area contributed by atoms with E-state index >= 15 is 0 Å². The number of amides is 1. The molecule has 0 rings (SSSR count). The lowest BCUT2D eigenvalue weighted by Gasteiger charge is -2.08. The second kappa shape index (κ2) is 5.05. The van der Waals surface area contributed by atoms with Crippen LogP contribution in [-0.2, 0) is 4.74 Å². The van der Waals surface area contributed by atoms with Crippen molar-refractivity contribution >= 4 is 6.09 Å². The fraction of sp³-hybridized carbons (Fsp3) is 0.833. The third-order valence-corrected chi connectivity index (χ3v) is 1.05. The Bertz CT molecular complexity index is 105. The minimum Gasteiger partial charge on any atom is -0.465 e. The molecule has 0 spiro atoms. The summed E-state index contributed by atoms with van der Waals surface area (Å²) in [5.74, 6) is 0.237. The van der Waals surface area contributed by atoms with Crippen LogP contribution < -0.4 is 5.32 Å². The van der Waals surface area contributed by atoms with E-state index in [2.05, 4.69) is 5.32 Å². The standard InChI is InChI=1S/C6H13NO3/c1-5(4-10-2)3-7-6(8)9/h5,7H,3-4H2,1-2H3,(H,8,9)/t5-/m1/s1. The Hall–Kier alpha value is -0.770. The molecule has 1 amide bonds. The molecule has 4 nitrogen and oxygen atoms in total. The molecular weight excluding hydrogens is 134 g/mol. The van der Waals surface area contributed by atoms with Gasteiger partial charge < -0.3 is 15.2 Å². The minimum absolute atomic E-state index is 0.237. The van der Waals surface area contributed by atoms with Crippen molar-refractivity contribution in [3.63, 3.8) is 0 Å². The van der Waals surface area contributed by atoms with Crippen molar-refractivity contribution < 1.29 is 14.6 Å². The second-order valence-electron chi connectivity index (χ2n) is 2.25. The lowest BCUT2D eigenvalue weighted by atomic mass is 10.2. The van der Waals surface area contributed by atoms with Gasteiger partial charge in [-0.1, -0.05) is 6.92 Å². The molecule has 0 saturated heterocycles. The largest absolute Gasteiger partial charge is 0.465 e. The zero-order chi connectivity index (χ0) is 7.98. The maximum absolute atomic E-state index is 9.96. The van der Waals surface area contributed by atoms with Crippen molar-refractivity contribution in [2.24, 2.45) is 5.92 Å². The van der Waals surface area contributed by atoms with Gasteiger partial charge in [-0.25, -0.2) is 4.79 Å². The van der Waals surface area contributed by atoms with Gasteiger partial charge in [0.05, 0.1) is 6.61 Å². The van der Waals surface area contributed by atoms with Gasteiger partial charge in [0, 0.05) is 13.7 Å². The normalized spacial score (nSPS) is 12.6. The smallest absolute Gasteiger partial charge is 0.404 e. The van der Waals surface area contributed by atoms with Crippen LogP contribution >= 0.6 is 0 Å². The minimum atomic E-state index is -0.983. The molecular formula is C6H13NO3. The number of hydrogen-bond acceptors (Lipinski definition) is 2. The molecule has 0 bridgehead atoms. The molecule has 0 aliphatic heterocycles. The molecule has 10 heavy (non-hydrogen) atoms. The lowest BCUT2D eigenvalue weighted by molar-refractivity contribution is 0.154. The highest BCUT2D eigenvalue weighted by atomic mass is 16.5. The van der Waals surface area contributed by atoms with E-state index in [-0.39, 0.29) is 5.92 Å². The van der Waals surface area contributed by atoms with Gasteiger partial charge in [-0.2, -0.15) is 0 Å². The third-order valence-electron chi connectivity index (χ3n) is 1.05. The molecule has 0 aromatic carbocycles. The quantitative estimate of drug-likeness (QED) is 0.610. The molecule has 0 heterocycles. The summed E-state index contributed by atoms with van der Waals surface area (Å²) in [6.07, 6.45) is -0.983. The van der Waals surface area contributed by atoms with Crippen LogP contribution in [0.25, 0.3) is 0 Å². The number of nitrogens with one attached hydrogen (secondary N) is 1. The second-order valence-corrected chi connectivity index (χ2v) is 2.25. The Morgan fingerprint density at radius 1 is 1.80 bits per heavy atom. The Labute approximate surface area is 60.2 Å². The molecule has 0 aliphatic carbocycles. The molecule has 0 aliphatic rings. The Balaban J connectivity index is 3.21. The summed E-state index contributed by atoms with van der Waals surface area (Å²) in [6.45, 7) is 2.95. The van der Waals surface area contributed by atoms with Crippen molar-refractivity contribution in [2.45, 2.75) is 6.92 Å². The van der Waals surface area contributed by atoms with Gasteiger partial charge in [0.2, 0.25) is 0 Å². The fourth-order valence-corrected chi connectivity index (χ4v) is 0.605. The van der Waals surface area contributed by atoms with Crippen molar-refractivity contribution in [3.05, 3.63) is 0 Å². The first-order valence-corrected chi connectivity index (χ1v) is 3.12. The van der Waals surface area contributed by atoms with Gasteiger partial charge in [-0.05, 0) is 5.92 Å². The van der Waals surface area contributed by atoms with Gasteiger partial charge >= 0.3 is 6.09 Å². The van der Waals surface area contributed by atoms with Crippen LogP contribution in [0, 0.1) is 5.92 Å². The first-order valence-electron chi connectivity index (χ1n) is 3.12. The molecule has 0 aromatic heterocycles. The van der Waals surface area contributed by atoms with Crippen LogP contribution in [0.2, 0.25) is 0 Å². The van der Waals surface area contributed by atoms with E-state index in [1.54, 1.807) is 7.11 Å². The van der Waals surface area contributed by atoms with Crippen LogP contribution in [0.5, 0.6) is 0 Å². The monoisotopic (exact) mass is 147 g/mol. The Kier molecular flexibility index (Phi) is 4.66. The van der Waals surface area contributed by atoms with E-state index in [1.807, 2.05) is 6.92 Å². The summed E-state index contributed by atoms with van der Waals surface area (Å²) in [5.41, 5.74) is 0. The zero-order valence-corrected chi connectivity index (χ0v) is 6.26. The molecule has 2 N–H and O–H groups in total. The molecule has 0 unspecified atom stereocenters. The van der Waals surface area contributed by atoms with E-state index < -0.39 is 6.09 Å². The molecule has 60 valence electrons. The number of carbonyl (C=O) groups is 1. The van der Waals surface area contributed by atoms with E-state index in [1.165, 1.54) is 0 Å². The van der Waals surface area contributed by atoms with E-state index in [0.717, 1.165) is 0 Å². The van der Waals surface area contributed by atoms with E-state index in [0.29, 0.717) is 13.2 Å². The van der Waals surface area contributed by atoms with Gasteiger partial charge in [0.25, 0.3) is 0 Å². The molecule has 4 heteroatoms. The number of ether oxygens (including phenoxy) is 1. The summed E-state index contributed by atoms with van der Waals surface area (Å²) < 4.78 is 4.80. The number of methoxy groups -OCH3 is 1. The summed E-state index contributed by atoms with van der Waals surface area (Å²) in [5, 5.41) is 10.4. The lowest BCUT2D eigenvalue weighted by Crippen LogP contribution is -2.28. The maximum Gasteiger partial charge on any atom is 0.404 e. The van der Waals surface area contributed by atoms with E-state index in [9.17, 15) is 4.79 Å². The molecule has 0 radical (unpaired) electrons. The number of hydrogen-bond donors (Lipinski definition) is 2. The average Bonchev–Trinajstić information content (AvgIpc) is 1.85. The number of rotatable bonds is 4. The summed E-state index contributed by atoms with van der Waals surface area (Å²) in [6, 6.07) is 0.